The van der Waals surface area contributed by atoms with Gasteiger partial charge >= 0.3 is 0 Å². The van der Waals surface area contributed by atoms with Crippen molar-refractivity contribution in [2.75, 3.05) is 6.54 Å². The van der Waals surface area contributed by atoms with Crippen LogP contribution in [0.1, 0.15) is 30.9 Å². The van der Waals surface area contributed by atoms with Crippen LogP contribution < -0.4 is 21.9 Å². The summed E-state index contributed by atoms with van der Waals surface area (Å²) >= 11 is 0. The van der Waals surface area contributed by atoms with E-state index in [0.717, 1.165) is 19.3 Å². The summed E-state index contributed by atoms with van der Waals surface area (Å²) in [6, 6.07) is 5.70. The van der Waals surface area contributed by atoms with Gasteiger partial charge in [0.15, 0.2) is 0 Å². The lowest BCUT2D eigenvalue weighted by molar-refractivity contribution is -0.127. The smallest absolute Gasteiger partial charge is 0.226 e. The molecule has 1 heterocycles. The number of carbonyl (C=O) groups excluding carboxylic acids is 2. The SMILES string of the molecule is NC(=O)[C@@H]1CCC[C@@H]1NC(=O)C1CNNC1c1cccc(F)c1. The second kappa shape index (κ2) is 6.64. The second-order valence-corrected chi connectivity index (χ2v) is 6.22. The normalized spacial score (nSPS) is 30.3. The van der Waals surface area contributed by atoms with Crippen LogP contribution in [0.15, 0.2) is 24.3 Å². The highest BCUT2D eigenvalue weighted by atomic mass is 19.1. The molecule has 2 fully saturated rings. The minimum atomic E-state index is -0.370. The summed E-state index contributed by atoms with van der Waals surface area (Å²) in [7, 11) is 0. The zero-order chi connectivity index (χ0) is 16.4. The van der Waals surface area contributed by atoms with Crippen LogP contribution in [0.4, 0.5) is 4.39 Å². The molecule has 2 aliphatic rings. The number of primary amides is 1. The molecule has 124 valence electrons. The van der Waals surface area contributed by atoms with E-state index in [1.54, 1.807) is 12.1 Å². The summed E-state index contributed by atoms with van der Waals surface area (Å²) in [5.41, 5.74) is 12.1. The monoisotopic (exact) mass is 320 g/mol. The van der Waals surface area contributed by atoms with Crippen LogP contribution in [-0.2, 0) is 9.59 Å². The maximum absolute atomic E-state index is 13.4. The number of nitrogens with two attached hydrogens (primary N) is 1. The minimum absolute atomic E-state index is 0.144. The lowest BCUT2D eigenvalue weighted by Gasteiger charge is -2.23. The van der Waals surface area contributed by atoms with Crippen molar-refractivity contribution in [3.05, 3.63) is 35.6 Å². The van der Waals surface area contributed by atoms with Crippen LogP contribution in [0.5, 0.6) is 0 Å². The number of hydrazine groups is 1. The van der Waals surface area contributed by atoms with E-state index in [9.17, 15) is 14.0 Å². The average Bonchev–Trinajstić information content (AvgIpc) is 3.15. The fourth-order valence-corrected chi connectivity index (χ4v) is 3.52. The molecule has 5 N–H and O–H groups in total. The first-order valence-corrected chi connectivity index (χ1v) is 7.90. The Balaban J connectivity index is 1.70. The van der Waals surface area contributed by atoms with E-state index in [2.05, 4.69) is 16.2 Å². The molecule has 1 saturated carbocycles. The predicted octanol–water partition coefficient (Wildman–Crippen LogP) is 0.361. The van der Waals surface area contributed by atoms with Crippen LogP contribution in [0, 0.1) is 17.7 Å². The first kappa shape index (κ1) is 15.9. The van der Waals surface area contributed by atoms with Gasteiger partial charge in [-0.25, -0.2) is 9.82 Å². The van der Waals surface area contributed by atoms with E-state index in [4.69, 9.17) is 5.73 Å². The summed E-state index contributed by atoms with van der Waals surface area (Å²) in [6.45, 7) is 0.445. The van der Waals surface area contributed by atoms with Crippen LogP contribution in [0.2, 0.25) is 0 Å². The summed E-state index contributed by atoms with van der Waals surface area (Å²) in [5, 5.41) is 2.95. The molecule has 0 spiro atoms. The summed E-state index contributed by atoms with van der Waals surface area (Å²) in [4.78, 5) is 24.0. The molecular formula is C16H21FN4O2. The fourth-order valence-electron chi connectivity index (χ4n) is 3.52. The van der Waals surface area contributed by atoms with Crippen molar-refractivity contribution in [3.63, 3.8) is 0 Å². The zero-order valence-corrected chi connectivity index (χ0v) is 12.7. The van der Waals surface area contributed by atoms with Gasteiger partial charge in [0, 0.05) is 12.6 Å². The summed E-state index contributed by atoms with van der Waals surface area (Å²) in [6.07, 6.45) is 2.36. The van der Waals surface area contributed by atoms with Gasteiger partial charge in [-0.15, -0.1) is 0 Å². The molecule has 0 bridgehead atoms. The molecule has 2 unspecified atom stereocenters. The van der Waals surface area contributed by atoms with Gasteiger partial charge in [-0.1, -0.05) is 18.6 Å². The number of hydrogen-bond acceptors (Lipinski definition) is 4. The standard InChI is InChI=1S/C16H21FN4O2/c17-10-4-1-3-9(7-10)14-12(8-19-21-14)16(23)20-13-6-2-5-11(13)15(18)22/h1,3-4,7,11-14,19,21H,2,5-6,8H2,(H2,18,22)(H,20,23)/t11-,12?,13+,14?/m1/s1. The number of rotatable bonds is 4. The molecule has 3 rings (SSSR count). The third-order valence-corrected chi connectivity index (χ3v) is 4.74. The number of amides is 2. The topological polar surface area (TPSA) is 96.2 Å². The van der Waals surface area contributed by atoms with Gasteiger partial charge in [-0.2, -0.15) is 0 Å². The largest absolute Gasteiger partial charge is 0.369 e. The molecule has 2 amide bonds. The highest BCUT2D eigenvalue weighted by Gasteiger charge is 2.38. The van der Waals surface area contributed by atoms with Crippen molar-refractivity contribution < 1.29 is 14.0 Å². The number of hydrogen-bond donors (Lipinski definition) is 4. The molecule has 1 aliphatic heterocycles. The van der Waals surface area contributed by atoms with Gasteiger partial charge in [-0.05, 0) is 30.5 Å². The van der Waals surface area contributed by atoms with E-state index in [1.807, 2.05) is 0 Å². The second-order valence-electron chi connectivity index (χ2n) is 6.22. The lowest BCUT2D eigenvalue weighted by Crippen LogP contribution is -2.46. The van der Waals surface area contributed by atoms with Gasteiger partial charge < -0.3 is 11.1 Å². The van der Waals surface area contributed by atoms with E-state index in [0.29, 0.717) is 12.1 Å². The van der Waals surface area contributed by atoms with Gasteiger partial charge in [0.05, 0.1) is 17.9 Å². The van der Waals surface area contributed by atoms with Crippen molar-refractivity contribution in [2.45, 2.75) is 31.3 Å². The Hall–Kier alpha value is -1.99. The fraction of sp³-hybridized carbons (Fsp3) is 0.500. The number of carbonyl (C=O) groups is 2. The quantitative estimate of drug-likeness (QED) is 0.644. The Morgan fingerprint density at radius 3 is 2.83 bits per heavy atom. The third-order valence-electron chi connectivity index (χ3n) is 4.74. The van der Waals surface area contributed by atoms with Crippen molar-refractivity contribution in [1.82, 2.24) is 16.2 Å². The maximum atomic E-state index is 13.4. The highest BCUT2D eigenvalue weighted by molar-refractivity contribution is 5.83. The van der Waals surface area contributed by atoms with E-state index >= 15 is 0 Å². The molecule has 1 aromatic carbocycles. The van der Waals surface area contributed by atoms with Gasteiger partial charge in [0.2, 0.25) is 11.8 Å². The highest BCUT2D eigenvalue weighted by Crippen LogP contribution is 2.28. The van der Waals surface area contributed by atoms with Crippen LogP contribution >= 0.6 is 0 Å². The van der Waals surface area contributed by atoms with E-state index < -0.39 is 0 Å². The first-order chi connectivity index (χ1) is 11.1. The van der Waals surface area contributed by atoms with Crippen molar-refractivity contribution in [3.8, 4) is 0 Å². The first-order valence-electron chi connectivity index (χ1n) is 7.90. The molecule has 6 nitrogen and oxygen atoms in total. The van der Waals surface area contributed by atoms with Crippen LogP contribution in [0.25, 0.3) is 0 Å². The number of benzene rings is 1. The van der Waals surface area contributed by atoms with Crippen molar-refractivity contribution >= 4 is 11.8 Å². The van der Waals surface area contributed by atoms with E-state index in [1.165, 1.54) is 12.1 Å². The van der Waals surface area contributed by atoms with Crippen molar-refractivity contribution in [2.24, 2.45) is 17.6 Å². The molecule has 7 heteroatoms. The molecule has 1 aromatic rings. The summed E-state index contributed by atoms with van der Waals surface area (Å²) < 4.78 is 13.4. The van der Waals surface area contributed by atoms with Crippen LogP contribution in [-0.4, -0.2) is 24.4 Å². The zero-order valence-electron chi connectivity index (χ0n) is 12.7. The molecular weight excluding hydrogens is 299 g/mol. The molecule has 0 radical (unpaired) electrons. The van der Waals surface area contributed by atoms with E-state index in [-0.39, 0.29) is 41.6 Å². The Bertz CT molecular complexity index is 609. The molecule has 0 aromatic heterocycles. The Labute approximate surface area is 134 Å². The average molecular weight is 320 g/mol. The molecule has 1 saturated heterocycles. The van der Waals surface area contributed by atoms with Crippen molar-refractivity contribution in [1.29, 1.82) is 0 Å². The number of nitrogens with one attached hydrogen (secondary N) is 3. The third kappa shape index (κ3) is 3.35. The summed E-state index contributed by atoms with van der Waals surface area (Å²) in [5.74, 6) is -1.51. The Morgan fingerprint density at radius 2 is 2.09 bits per heavy atom. The predicted molar refractivity (Wildman–Crippen MR) is 82.2 cm³/mol. The lowest BCUT2D eigenvalue weighted by atomic mass is 9.93. The molecule has 4 atom stereocenters. The van der Waals surface area contributed by atoms with Gasteiger partial charge in [-0.3, -0.25) is 15.0 Å². The van der Waals surface area contributed by atoms with Crippen LogP contribution in [0.3, 0.4) is 0 Å². The van der Waals surface area contributed by atoms with Gasteiger partial charge in [0.25, 0.3) is 0 Å². The maximum Gasteiger partial charge on any atom is 0.226 e. The minimum Gasteiger partial charge on any atom is -0.369 e. The Morgan fingerprint density at radius 1 is 1.26 bits per heavy atom. The van der Waals surface area contributed by atoms with Gasteiger partial charge in [0.1, 0.15) is 5.82 Å². The Kier molecular flexibility index (Phi) is 4.58. The molecule has 1 aliphatic carbocycles. The molecule has 23 heavy (non-hydrogen) atoms. The number of halogens is 1.